The van der Waals surface area contributed by atoms with Crippen LogP contribution < -0.4 is 14.8 Å². The summed E-state index contributed by atoms with van der Waals surface area (Å²) >= 11 is 0. The Bertz CT molecular complexity index is 1170. The van der Waals surface area contributed by atoms with Crippen LogP contribution >= 0.6 is 0 Å². The molecule has 3 rings (SSSR count). The van der Waals surface area contributed by atoms with Crippen LogP contribution in [0.2, 0.25) is 0 Å². The van der Waals surface area contributed by atoms with Crippen LogP contribution in [-0.2, 0) is 15.4 Å². The Morgan fingerprint density at radius 3 is 2.19 bits per heavy atom. The van der Waals surface area contributed by atoms with Crippen molar-refractivity contribution in [2.75, 3.05) is 17.1 Å². The molecule has 0 spiro atoms. The molecule has 0 radical (unpaired) electrons. The smallest absolute Gasteiger partial charge is 0.318 e. The van der Waals surface area contributed by atoms with E-state index in [1.807, 2.05) is 12.1 Å². The minimum absolute atomic E-state index is 0.00127. The minimum Gasteiger partial charge on any atom is -0.467 e. The van der Waals surface area contributed by atoms with Gasteiger partial charge in [0.15, 0.2) is 0 Å². The van der Waals surface area contributed by atoms with Crippen LogP contribution in [-0.4, -0.2) is 31.4 Å². The zero-order valence-electron chi connectivity index (χ0n) is 17.7. The number of nitrogens with one attached hydrogen (secondary N) is 2. The SMILES string of the molecule is COc1nccc(NS(=O)(=O)c2ccc(NC(=O)c3ccc(C(C)(C)C)cc3)cc2)n1. The summed E-state index contributed by atoms with van der Waals surface area (Å²) in [6.45, 7) is 6.31. The molecular weight excluding hydrogens is 416 g/mol. The monoisotopic (exact) mass is 440 g/mol. The zero-order chi connectivity index (χ0) is 22.6. The first-order valence-electron chi connectivity index (χ1n) is 9.50. The topological polar surface area (TPSA) is 110 Å². The molecule has 9 heteroatoms. The second kappa shape index (κ2) is 8.73. The fourth-order valence-electron chi connectivity index (χ4n) is 2.73. The van der Waals surface area contributed by atoms with Gasteiger partial charge in [0.05, 0.1) is 12.0 Å². The number of benzene rings is 2. The summed E-state index contributed by atoms with van der Waals surface area (Å²) < 4.78 is 32.4. The Hall–Kier alpha value is -3.46. The van der Waals surface area contributed by atoms with Gasteiger partial charge in [-0.15, -0.1) is 0 Å². The van der Waals surface area contributed by atoms with E-state index in [0.29, 0.717) is 11.3 Å². The summed E-state index contributed by atoms with van der Waals surface area (Å²) in [7, 11) is -2.47. The molecule has 0 aliphatic carbocycles. The number of sulfonamides is 1. The highest BCUT2D eigenvalue weighted by Crippen LogP contribution is 2.23. The highest BCUT2D eigenvalue weighted by atomic mass is 32.2. The molecule has 1 amide bonds. The second-order valence-corrected chi connectivity index (χ2v) is 9.52. The zero-order valence-corrected chi connectivity index (χ0v) is 18.5. The molecule has 0 unspecified atom stereocenters. The summed E-state index contributed by atoms with van der Waals surface area (Å²) in [5, 5.41) is 2.77. The van der Waals surface area contributed by atoms with Crippen molar-refractivity contribution in [3.63, 3.8) is 0 Å². The van der Waals surface area contributed by atoms with Crippen molar-refractivity contribution < 1.29 is 17.9 Å². The maximum Gasteiger partial charge on any atom is 0.318 e. The molecule has 162 valence electrons. The third-order valence-electron chi connectivity index (χ3n) is 4.49. The lowest BCUT2D eigenvalue weighted by Crippen LogP contribution is -2.15. The second-order valence-electron chi connectivity index (χ2n) is 7.84. The molecule has 2 N–H and O–H groups in total. The summed E-state index contributed by atoms with van der Waals surface area (Å²) in [4.78, 5) is 20.3. The number of hydrogen-bond acceptors (Lipinski definition) is 6. The van der Waals surface area contributed by atoms with Gasteiger partial charge in [0.2, 0.25) is 0 Å². The van der Waals surface area contributed by atoms with Crippen molar-refractivity contribution in [3.8, 4) is 6.01 Å². The average molecular weight is 441 g/mol. The number of rotatable bonds is 6. The van der Waals surface area contributed by atoms with Crippen molar-refractivity contribution in [1.29, 1.82) is 0 Å². The molecule has 0 aliphatic heterocycles. The van der Waals surface area contributed by atoms with E-state index in [1.54, 1.807) is 12.1 Å². The third-order valence-corrected chi connectivity index (χ3v) is 5.86. The molecule has 0 fully saturated rings. The number of carbonyl (C=O) groups excluding carboxylic acids is 1. The van der Waals surface area contributed by atoms with E-state index in [1.165, 1.54) is 43.6 Å². The van der Waals surface area contributed by atoms with Crippen LogP contribution in [0.4, 0.5) is 11.5 Å². The van der Waals surface area contributed by atoms with Gasteiger partial charge >= 0.3 is 6.01 Å². The van der Waals surface area contributed by atoms with Crippen molar-refractivity contribution in [3.05, 3.63) is 71.9 Å². The number of nitrogens with zero attached hydrogens (tertiary/aromatic N) is 2. The van der Waals surface area contributed by atoms with Crippen molar-refractivity contribution in [1.82, 2.24) is 9.97 Å². The molecule has 31 heavy (non-hydrogen) atoms. The number of ether oxygens (including phenoxy) is 1. The molecule has 3 aromatic rings. The van der Waals surface area contributed by atoms with E-state index in [0.717, 1.165) is 5.56 Å². The minimum atomic E-state index is -3.86. The lowest BCUT2D eigenvalue weighted by Gasteiger charge is -2.19. The van der Waals surface area contributed by atoms with Crippen LogP contribution in [0.1, 0.15) is 36.7 Å². The predicted octanol–water partition coefficient (Wildman–Crippen LogP) is 3.84. The number of hydrogen-bond donors (Lipinski definition) is 2. The summed E-state index contributed by atoms with van der Waals surface area (Å²) in [6, 6.07) is 14.7. The van der Waals surface area contributed by atoms with Crippen molar-refractivity contribution >= 4 is 27.4 Å². The Balaban J connectivity index is 1.69. The van der Waals surface area contributed by atoms with Gasteiger partial charge < -0.3 is 10.1 Å². The lowest BCUT2D eigenvalue weighted by molar-refractivity contribution is 0.102. The molecule has 2 aromatic carbocycles. The van der Waals surface area contributed by atoms with E-state index in [-0.39, 0.29) is 28.0 Å². The third kappa shape index (κ3) is 5.58. The maximum absolute atomic E-state index is 12.6. The standard InChI is InChI=1S/C22H24N4O4S/c1-22(2,3)16-7-5-15(6-8-16)20(27)24-17-9-11-18(12-10-17)31(28,29)26-19-13-14-23-21(25-19)30-4/h5-14H,1-4H3,(H,24,27)(H,23,25,26). The number of methoxy groups -OCH3 is 1. The quantitative estimate of drug-likeness (QED) is 0.603. The molecular formula is C22H24N4O4S. The largest absolute Gasteiger partial charge is 0.467 e. The Morgan fingerprint density at radius 2 is 1.61 bits per heavy atom. The van der Waals surface area contributed by atoms with E-state index in [9.17, 15) is 13.2 Å². The predicted molar refractivity (Wildman–Crippen MR) is 119 cm³/mol. The van der Waals surface area contributed by atoms with E-state index >= 15 is 0 Å². The number of carbonyl (C=O) groups is 1. The van der Waals surface area contributed by atoms with Gasteiger partial charge in [-0.2, -0.15) is 4.98 Å². The van der Waals surface area contributed by atoms with Crippen LogP contribution in [0.3, 0.4) is 0 Å². The molecule has 0 atom stereocenters. The number of aromatic nitrogens is 2. The number of anilines is 2. The van der Waals surface area contributed by atoms with E-state index in [2.05, 4.69) is 40.8 Å². The fourth-order valence-corrected chi connectivity index (χ4v) is 3.74. The number of amides is 1. The molecule has 0 saturated carbocycles. The highest BCUT2D eigenvalue weighted by Gasteiger charge is 2.17. The van der Waals surface area contributed by atoms with Crippen molar-refractivity contribution in [2.45, 2.75) is 31.1 Å². The lowest BCUT2D eigenvalue weighted by atomic mass is 9.87. The first-order chi connectivity index (χ1) is 14.6. The Kier molecular flexibility index (Phi) is 6.26. The van der Waals surface area contributed by atoms with Crippen LogP contribution in [0.5, 0.6) is 6.01 Å². The summed E-state index contributed by atoms with van der Waals surface area (Å²) in [5.41, 5.74) is 2.13. The maximum atomic E-state index is 12.6. The summed E-state index contributed by atoms with van der Waals surface area (Å²) in [5.74, 6) is -0.190. The van der Waals surface area contributed by atoms with Crippen LogP contribution in [0.25, 0.3) is 0 Å². The van der Waals surface area contributed by atoms with Crippen LogP contribution in [0, 0.1) is 0 Å². The summed E-state index contributed by atoms with van der Waals surface area (Å²) in [6.07, 6.45) is 1.39. The molecule has 8 nitrogen and oxygen atoms in total. The van der Waals surface area contributed by atoms with Gasteiger partial charge in [-0.1, -0.05) is 32.9 Å². The van der Waals surface area contributed by atoms with Gasteiger partial charge in [0.1, 0.15) is 5.82 Å². The fraction of sp³-hybridized carbons (Fsp3) is 0.227. The highest BCUT2D eigenvalue weighted by molar-refractivity contribution is 7.92. The molecule has 1 aromatic heterocycles. The molecule has 0 saturated heterocycles. The van der Waals surface area contributed by atoms with Crippen LogP contribution in [0.15, 0.2) is 65.7 Å². The average Bonchev–Trinajstić information content (AvgIpc) is 2.73. The van der Waals surface area contributed by atoms with E-state index in [4.69, 9.17) is 4.74 Å². The first kappa shape index (κ1) is 22.2. The Morgan fingerprint density at radius 1 is 0.968 bits per heavy atom. The van der Waals surface area contributed by atoms with Gasteiger partial charge in [-0.05, 0) is 47.4 Å². The molecule has 1 heterocycles. The Labute approximate surface area is 181 Å². The van der Waals surface area contributed by atoms with Crippen molar-refractivity contribution in [2.24, 2.45) is 0 Å². The first-order valence-corrected chi connectivity index (χ1v) is 11.0. The van der Waals surface area contributed by atoms with Gasteiger partial charge in [0, 0.05) is 23.5 Å². The normalized spacial score (nSPS) is 11.6. The molecule has 0 aliphatic rings. The van der Waals surface area contributed by atoms with Gasteiger partial charge in [0.25, 0.3) is 15.9 Å². The van der Waals surface area contributed by atoms with E-state index < -0.39 is 10.0 Å². The molecule has 0 bridgehead atoms. The van der Waals surface area contributed by atoms with Gasteiger partial charge in [-0.3, -0.25) is 9.52 Å². The van der Waals surface area contributed by atoms with Gasteiger partial charge in [-0.25, -0.2) is 13.4 Å².